The first-order valence-corrected chi connectivity index (χ1v) is 9.48. The molecule has 0 aliphatic carbocycles. The summed E-state index contributed by atoms with van der Waals surface area (Å²) in [5.74, 6) is -0.470. The number of carbonyl (C=O) groups is 1. The summed E-state index contributed by atoms with van der Waals surface area (Å²) in [5.41, 5.74) is 2.06. The third kappa shape index (κ3) is 3.88. The van der Waals surface area contributed by atoms with Crippen LogP contribution in [-0.4, -0.2) is 25.8 Å². The van der Waals surface area contributed by atoms with Crippen molar-refractivity contribution in [2.24, 2.45) is 11.3 Å². The van der Waals surface area contributed by atoms with Gasteiger partial charge in [-0.15, -0.1) is 0 Å². The molecule has 1 amide bonds. The van der Waals surface area contributed by atoms with Crippen LogP contribution in [0.2, 0.25) is 0 Å². The third-order valence-corrected chi connectivity index (χ3v) is 6.02. The summed E-state index contributed by atoms with van der Waals surface area (Å²) in [4.78, 5) is 12.5. The molecule has 0 saturated carbocycles. The zero-order chi connectivity index (χ0) is 16.5. The minimum atomic E-state index is -3.05. The van der Waals surface area contributed by atoms with E-state index in [-0.39, 0.29) is 28.9 Å². The molecule has 5 heteroatoms. The lowest BCUT2D eigenvalue weighted by Crippen LogP contribution is -2.40. The van der Waals surface area contributed by atoms with Crippen molar-refractivity contribution < 1.29 is 13.2 Å². The second-order valence-corrected chi connectivity index (χ2v) is 9.49. The number of rotatable bonds is 3. The Morgan fingerprint density at radius 2 is 1.91 bits per heavy atom. The van der Waals surface area contributed by atoms with Gasteiger partial charge in [0.2, 0.25) is 5.91 Å². The zero-order valence-electron chi connectivity index (χ0n) is 13.7. The highest BCUT2D eigenvalue weighted by Gasteiger charge is 2.36. The summed E-state index contributed by atoms with van der Waals surface area (Å²) >= 11 is 0. The van der Waals surface area contributed by atoms with E-state index in [2.05, 4.69) is 26.1 Å². The van der Waals surface area contributed by atoms with Gasteiger partial charge in [0.1, 0.15) is 0 Å². The Labute approximate surface area is 133 Å². The molecule has 1 N–H and O–H groups in total. The van der Waals surface area contributed by atoms with Crippen LogP contribution >= 0.6 is 0 Å². The van der Waals surface area contributed by atoms with E-state index in [1.165, 1.54) is 0 Å². The second kappa shape index (κ2) is 6.03. The highest BCUT2D eigenvalue weighted by Crippen LogP contribution is 2.35. The highest BCUT2D eigenvalue weighted by atomic mass is 32.2. The molecule has 1 aromatic rings. The zero-order valence-corrected chi connectivity index (χ0v) is 14.5. The Hall–Kier alpha value is -1.36. The van der Waals surface area contributed by atoms with Gasteiger partial charge in [-0.05, 0) is 29.9 Å². The Bertz CT molecular complexity index is 659. The summed E-state index contributed by atoms with van der Waals surface area (Å²) in [6, 6.07) is 7.86. The molecule has 4 nitrogen and oxygen atoms in total. The first-order valence-electron chi connectivity index (χ1n) is 7.66. The predicted molar refractivity (Wildman–Crippen MR) is 88.3 cm³/mol. The average Bonchev–Trinajstić information content (AvgIpc) is 2.76. The van der Waals surface area contributed by atoms with Crippen LogP contribution in [0.5, 0.6) is 0 Å². The molecule has 0 aromatic heterocycles. The molecule has 1 saturated heterocycles. The summed E-state index contributed by atoms with van der Waals surface area (Å²) in [5, 5.41) is 3.09. The van der Waals surface area contributed by atoms with Crippen LogP contribution in [0.4, 0.5) is 0 Å². The molecule has 2 rings (SSSR count). The molecule has 2 atom stereocenters. The van der Waals surface area contributed by atoms with Gasteiger partial charge in [0, 0.05) is 0 Å². The topological polar surface area (TPSA) is 63.2 Å². The maximum atomic E-state index is 12.5. The van der Waals surface area contributed by atoms with Crippen LogP contribution in [0.1, 0.15) is 44.4 Å². The second-order valence-electron chi connectivity index (χ2n) is 7.26. The van der Waals surface area contributed by atoms with Gasteiger partial charge in [-0.2, -0.15) is 0 Å². The minimum absolute atomic E-state index is 0.0243. The molecule has 1 heterocycles. The lowest BCUT2D eigenvalue weighted by Gasteiger charge is -2.33. The summed E-state index contributed by atoms with van der Waals surface area (Å²) in [6.07, 6.45) is 0.429. The van der Waals surface area contributed by atoms with Crippen LogP contribution in [-0.2, 0) is 14.6 Å². The molecule has 122 valence electrons. The Morgan fingerprint density at radius 1 is 1.27 bits per heavy atom. The summed E-state index contributed by atoms with van der Waals surface area (Å²) in [6.45, 7) is 8.27. The lowest BCUT2D eigenvalue weighted by atomic mass is 9.80. The van der Waals surface area contributed by atoms with Crippen molar-refractivity contribution in [1.82, 2.24) is 5.32 Å². The van der Waals surface area contributed by atoms with Crippen LogP contribution in [0.3, 0.4) is 0 Å². The molecular weight excluding hydrogens is 298 g/mol. The molecule has 1 fully saturated rings. The van der Waals surface area contributed by atoms with Crippen molar-refractivity contribution in [3.8, 4) is 0 Å². The number of benzene rings is 1. The van der Waals surface area contributed by atoms with Crippen molar-refractivity contribution in [3.63, 3.8) is 0 Å². The normalized spacial score (nSPS) is 22.3. The molecule has 1 aliphatic heterocycles. The van der Waals surface area contributed by atoms with Crippen molar-refractivity contribution in [2.45, 2.75) is 40.2 Å². The number of sulfone groups is 1. The molecule has 0 unspecified atom stereocenters. The van der Waals surface area contributed by atoms with E-state index in [9.17, 15) is 13.2 Å². The number of aryl methyl sites for hydroxylation is 1. The molecule has 1 aromatic carbocycles. The number of hydrogen-bond donors (Lipinski definition) is 1. The van der Waals surface area contributed by atoms with E-state index in [1.54, 1.807) is 0 Å². The minimum Gasteiger partial charge on any atom is -0.348 e. The van der Waals surface area contributed by atoms with Crippen molar-refractivity contribution in [1.29, 1.82) is 0 Å². The van der Waals surface area contributed by atoms with Gasteiger partial charge < -0.3 is 5.32 Å². The van der Waals surface area contributed by atoms with Crippen molar-refractivity contribution in [2.75, 3.05) is 11.5 Å². The van der Waals surface area contributed by atoms with Gasteiger partial charge in [-0.1, -0.05) is 45.0 Å². The Kier molecular flexibility index (Phi) is 4.66. The van der Waals surface area contributed by atoms with Crippen molar-refractivity contribution >= 4 is 15.7 Å². The van der Waals surface area contributed by atoms with E-state index < -0.39 is 15.8 Å². The Balaban J connectivity index is 2.22. The fraction of sp³-hybridized carbons (Fsp3) is 0.588. The quantitative estimate of drug-likeness (QED) is 0.930. The maximum Gasteiger partial charge on any atom is 0.224 e. The largest absolute Gasteiger partial charge is 0.348 e. The van der Waals surface area contributed by atoms with Gasteiger partial charge in [0.25, 0.3) is 0 Å². The highest BCUT2D eigenvalue weighted by molar-refractivity contribution is 7.91. The first-order chi connectivity index (χ1) is 10.1. The third-order valence-electron chi connectivity index (χ3n) is 4.26. The SMILES string of the molecule is Cc1ccccc1[C@@H](NC(=O)[C@@H]1CCS(=O)(=O)C1)C(C)(C)C. The number of hydrogen-bond acceptors (Lipinski definition) is 3. The van der Waals surface area contributed by atoms with E-state index in [0.717, 1.165) is 11.1 Å². The van der Waals surface area contributed by atoms with E-state index in [0.29, 0.717) is 6.42 Å². The van der Waals surface area contributed by atoms with Gasteiger partial charge >= 0.3 is 0 Å². The molecule has 0 spiro atoms. The predicted octanol–water partition coefficient (Wildman–Crippen LogP) is 2.63. The van der Waals surface area contributed by atoms with E-state index in [1.807, 2.05) is 31.2 Å². The summed E-state index contributed by atoms with van der Waals surface area (Å²) < 4.78 is 23.1. The lowest BCUT2D eigenvalue weighted by molar-refractivity contribution is -0.125. The maximum absolute atomic E-state index is 12.5. The van der Waals surface area contributed by atoms with Crippen LogP contribution in [0.15, 0.2) is 24.3 Å². The van der Waals surface area contributed by atoms with E-state index in [4.69, 9.17) is 0 Å². The molecular formula is C17H25NO3S. The average molecular weight is 323 g/mol. The molecule has 1 aliphatic rings. The van der Waals surface area contributed by atoms with Gasteiger partial charge in [-0.25, -0.2) is 8.42 Å². The monoisotopic (exact) mass is 323 g/mol. The molecule has 0 radical (unpaired) electrons. The molecule has 22 heavy (non-hydrogen) atoms. The fourth-order valence-corrected chi connectivity index (χ4v) is 4.67. The smallest absolute Gasteiger partial charge is 0.224 e. The van der Waals surface area contributed by atoms with Crippen LogP contribution in [0.25, 0.3) is 0 Å². The molecule has 0 bridgehead atoms. The van der Waals surface area contributed by atoms with Gasteiger partial charge in [-0.3, -0.25) is 4.79 Å². The Morgan fingerprint density at radius 3 is 2.41 bits per heavy atom. The number of carbonyl (C=O) groups excluding carboxylic acids is 1. The number of amides is 1. The standard InChI is InChI=1S/C17H25NO3S/c1-12-7-5-6-8-14(12)15(17(2,3)4)18-16(19)13-9-10-22(20,21)11-13/h5-8,13,15H,9-11H2,1-4H3,(H,18,19)/t13-,15-/m1/s1. The van der Waals surface area contributed by atoms with Crippen LogP contribution in [0, 0.1) is 18.3 Å². The van der Waals surface area contributed by atoms with Gasteiger partial charge in [0.05, 0.1) is 23.5 Å². The number of nitrogens with one attached hydrogen (secondary N) is 1. The van der Waals surface area contributed by atoms with Crippen molar-refractivity contribution in [3.05, 3.63) is 35.4 Å². The fourth-order valence-electron chi connectivity index (χ4n) is 2.93. The van der Waals surface area contributed by atoms with Gasteiger partial charge in [0.15, 0.2) is 9.84 Å². The summed E-state index contributed by atoms with van der Waals surface area (Å²) in [7, 11) is -3.05. The van der Waals surface area contributed by atoms with Crippen LogP contribution < -0.4 is 5.32 Å². The van der Waals surface area contributed by atoms with E-state index >= 15 is 0 Å². The first kappa shape index (κ1) is 17.0.